The molecule has 0 radical (unpaired) electrons. The Bertz CT molecular complexity index is 172. The van der Waals surface area contributed by atoms with E-state index in [2.05, 4.69) is 24.1 Å². The Morgan fingerprint density at radius 3 is 2.38 bits per heavy atom. The van der Waals surface area contributed by atoms with E-state index in [-0.39, 0.29) is 5.91 Å². The molecule has 1 rings (SSSR count). The third-order valence-corrected chi connectivity index (χ3v) is 3.01. The summed E-state index contributed by atoms with van der Waals surface area (Å²) in [7, 11) is 1.69. The van der Waals surface area contributed by atoms with Gasteiger partial charge in [0.2, 0.25) is 5.91 Å². The molecule has 3 nitrogen and oxygen atoms in total. The summed E-state index contributed by atoms with van der Waals surface area (Å²) in [6.45, 7) is 5.39. The summed E-state index contributed by atoms with van der Waals surface area (Å²) in [6.07, 6.45) is 3.18. The van der Waals surface area contributed by atoms with Gasteiger partial charge in [-0.05, 0) is 26.7 Å². The first kappa shape index (κ1) is 10.5. The van der Waals surface area contributed by atoms with E-state index in [1.165, 1.54) is 12.8 Å². The zero-order valence-electron chi connectivity index (χ0n) is 8.84. The van der Waals surface area contributed by atoms with E-state index in [4.69, 9.17) is 0 Å². The fourth-order valence-corrected chi connectivity index (χ4v) is 2.04. The highest BCUT2D eigenvalue weighted by molar-refractivity contribution is 5.75. The van der Waals surface area contributed by atoms with E-state index in [1.807, 2.05) is 0 Å². The fraction of sp³-hybridized carbons (Fsp3) is 0.900. The number of hydrogen-bond donors (Lipinski definition) is 1. The monoisotopic (exact) mass is 184 g/mol. The minimum atomic E-state index is 0.145. The van der Waals surface area contributed by atoms with E-state index in [9.17, 15) is 4.79 Å². The molecule has 1 amide bonds. The van der Waals surface area contributed by atoms with Crippen LogP contribution in [0.5, 0.6) is 0 Å². The summed E-state index contributed by atoms with van der Waals surface area (Å²) < 4.78 is 0. The molecule has 76 valence electrons. The molecule has 0 aromatic rings. The maximum Gasteiger partial charge on any atom is 0.221 e. The van der Waals surface area contributed by atoms with Crippen LogP contribution in [0.3, 0.4) is 0 Å². The molecule has 0 bridgehead atoms. The van der Waals surface area contributed by atoms with E-state index in [0.717, 1.165) is 6.54 Å². The van der Waals surface area contributed by atoms with Crippen LogP contribution in [0.1, 0.15) is 33.1 Å². The van der Waals surface area contributed by atoms with Gasteiger partial charge in [0.15, 0.2) is 0 Å². The number of hydrogen-bond acceptors (Lipinski definition) is 2. The molecule has 1 saturated heterocycles. The molecule has 1 heterocycles. The molecule has 3 heteroatoms. The summed E-state index contributed by atoms with van der Waals surface area (Å²) in [5, 5.41) is 2.65. The van der Waals surface area contributed by atoms with Crippen molar-refractivity contribution in [2.75, 3.05) is 13.6 Å². The van der Waals surface area contributed by atoms with E-state index in [1.54, 1.807) is 7.05 Å². The van der Waals surface area contributed by atoms with Crippen molar-refractivity contribution in [2.24, 2.45) is 0 Å². The first-order valence-electron chi connectivity index (χ1n) is 5.11. The topological polar surface area (TPSA) is 32.3 Å². The lowest BCUT2D eigenvalue weighted by atomic mass is 10.2. The van der Waals surface area contributed by atoms with Gasteiger partial charge in [0.25, 0.3) is 0 Å². The van der Waals surface area contributed by atoms with Crippen LogP contribution in [0.2, 0.25) is 0 Å². The second-order valence-corrected chi connectivity index (χ2v) is 3.94. The van der Waals surface area contributed by atoms with Gasteiger partial charge in [-0.1, -0.05) is 0 Å². The lowest BCUT2D eigenvalue weighted by molar-refractivity contribution is -0.121. The minimum Gasteiger partial charge on any atom is -0.359 e. The maximum absolute atomic E-state index is 11.0. The number of likely N-dealkylation sites (tertiary alicyclic amines) is 1. The van der Waals surface area contributed by atoms with Crippen molar-refractivity contribution in [3.05, 3.63) is 0 Å². The highest BCUT2D eigenvalue weighted by atomic mass is 16.1. The molecule has 2 atom stereocenters. The Morgan fingerprint density at radius 2 is 1.92 bits per heavy atom. The molecular formula is C10H20N2O. The van der Waals surface area contributed by atoms with Crippen molar-refractivity contribution in [1.29, 1.82) is 0 Å². The average Bonchev–Trinajstić information content (AvgIpc) is 2.43. The summed E-state index contributed by atoms with van der Waals surface area (Å²) in [6, 6.07) is 1.30. The molecule has 0 aliphatic carbocycles. The Kier molecular flexibility index (Phi) is 3.72. The predicted octanol–water partition coefficient (Wildman–Crippen LogP) is 0.995. The molecule has 0 aromatic heterocycles. The number of carbonyl (C=O) groups is 1. The van der Waals surface area contributed by atoms with Crippen LogP contribution in [-0.4, -0.2) is 36.5 Å². The van der Waals surface area contributed by atoms with Crippen LogP contribution in [0, 0.1) is 0 Å². The molecule has 0 spiro atoms. The second kappa shape index (κ2) is 4.61. The lowest BCUT2D eigenvalue weighted by Crippen LogP contribution is -2.35. The van der Waals surface area contributed by atoms with Crippen LogP contribution >= 0.6 is 0 Å². The van der Waals surface area contributed by atoms with Gasteiger partial charge in [-0.25, -0.2) is 0 Å². The van der Waals surface area contributed by atoms with Gasteiger partial charge in [-0.15, -0.1) is 0 Å². The normalized spacial score (nSPS) is 29.2. The molecule has 1 aliphatic heterocycles. The van der Waals surface area contributed by atoms with Gasteiger partial charge < -0.3 is 5.32 Å². The molecule has 1 fully saturated rings. The van der Waals surface area contributed by atoms with Crippen molar-refractivity contribution in [1.82, 2.24) is 10.2 Å². The number of rotatable bonds is 3. The van der Waals surface area contributed by atoms with Gasteiger partial charge in [0.05, 0.1) is 0 Å². The van der Waals surface area contributed by atoms with E-state index in [0.29, 0.717) is 18.5 Å². The molecule has 13 heavy (non-hydrogen) atoms. The van der Waals surface area contributed by atoms with E-state index < -0.39 is 0 Å². The SMILES string of the molecule is CNC(=O)CCN1C(C)CCC1C. The average molecular weight is 184 g/mol. The smallest absolute Gasteiger partial charge is 0.221 e. The van der Waals surface area contributed by atoms with Crippen molar-refractivity contribution in [3.63, 3.8) is 0 Å². The highest BCUT2D eigenvalue weighted by Crippen LogP contribution is 2.23. The number of amides is 1. The zero-order chi connectivity index (χ0) is 9.84. The molecule has 0 saturated carbocycles. The van der Waals surface area contributed by atoms with Gasteiger partial charge in [0.1, 0.15) is 0 Å². The third-order valence-electron chi connectivity index (χ3n) is 3.01. The number of nitrogens with one attached hydrogen (secondary N) is 1. The van der Waals surface area contributed by atoms with Crippen molar-refractivity contribution in [2.45, 2.75) is 45.2 Å². The minimum absolute atomic E-state index is 0.145. The van der Waals surface area contributed by atoms with Crippen LogP contribution in [0.15, 0.2) is 0 Å². The van der Waals surface area contributed by atoms with Crippen LogP contribution < -0.4 is 5.32 Å². The Balaban J connectivity index is 2.31. The Morgan fingerprint density at radius 1 is 1.38 bits per heavy atom. The first-order chi connectivity index (χ1) is 6.15. The predicted molar refractivity (Wildman–Crippen MR) is 53.5 cm³/mol. The fourth-order valence-electron chi connectivity index (χ4n) is 2.04. The van der Waals surface area contributed by atoms with Gasteiger partial charge >= 0.3 is 0 Å². The van der Waals surface area contributed by atoms with Crippen molar-refractivity contribution < 1.29 is 4.79 Å². The van der Waals surface area contributed by atoms with Crippen LogP contribution in [0.25, 0.3) is 0 Å². The number of carbonyl (C=O) groups excluding carboxylic acids is 1. The molecular weight excluding hydrogens is 164 g/mol. The lowest BCUT2D eigenvalue weighted by Gasteiger charge is -2.25. The maximum atomic E-state index is 11.0. The molecule has 1 aliphatic rings. The highest BCUT2D eigenvalue weighted by Gasteiger charge is 2.26. The van der Waals surface area contributed by atoms with E-state index >= 15 is 0 Å². The zero-order valence-corrected chi connectivity index (χ0v) is 8.84. The quantitative estimate of drug-likeness (QED) is 0.709. The Hall–Kier alpha value is -0.570. The van der Waals surface area contributed by atoms with Crippen LogP contribution in [-0.2, 0) is 4.79 Å². The summed E-state index contributed by atoms with van der Waals surface area (Å²) in [5.74, 6) is 0.145. The van der Waals surface area contributed by atoms with Gasteiger partial charge in [0, 0.05) is 32.1 Å². The largest absolute Gasteiger partial charge is 0.359 e. The standard InChI is InChI=1S/C10H20N2O/c1-8-4-5-9(2)12(8)7-6-10(13)11-3/h8-9H,4-7H2,1-3H3,(H,11,13). The molecule has 2 unspecified atom stereocenters. The molecule has 1 N–H and O–H groups in total. The van der Waals surface area contributed by atoms with Crippen LogP contribution in [0.4, 0.5) is 0 Å². The third kappa shape index (κ3) is 2.69. The summed E-state index contributed by atoms with van der Waals surface area (Å²) in [4.78, 5) is 13.5. The second-order valence-electron chi connectivity index (χ2n) is 3.94. The Labute approximate surface area is 80.5 Å². The molecule has 0 aromatic carbocycles. The first-order valence-corrected chi connectivity index (χ1v) is 5.11. The van der Waals surface area contributed by atoms with Crippen molar-refractivity contribution in [3.8, 4) is 0 Å². The summed E-state index contributed by atoms with van der Waals surface area (Å²) in [5.41, 5.74) is 0. The van der Waals surface area contributed by atoms with Gasteiger partial charge in [-0.3, -0.25) is 9.69 Å². The summed E-state index contributed by atoms with van der Waals surface area (Å²) >= 11 is 0. The van der Waals surface area contributed by atoms with Gasteiger partial charge in [-0.2, -0.15) is 0 Å². The van der Waals surface area contributed by atoms with Crippen molar-refractivity contribution >= 4 is 5.91 Å². The number of nitrogens with zero attached hydrogens (tertiary/aromatic N) is 1.